The van der Waals surface area contributed by atoms with Crippen molar-refractivity contribution in [2.75, 3.05) is 5.90 Å². The van der Waals surface area contributed by atoms with E-state index in [1.54, 1.807) is 0 Å². The first kappa shape index (κ1) is 32.8. The lowest BCUT2D eigenvalue weighted by Crippen LogP contribution is -2.21. The minimum Gasteiger partial charge on any atom is -0.166 e. The van der Waals surface area contributed by atoms with Gasteiger partial charge in [0.2, 0.25) is 0 Å². The van der Waals surface area contributed by atoms with Crippen molar-refractivity contribution in [1.82, 2.24) is 0 Å². The summed E-state index contributed by atoms with van der Waals surface area (Å²) in [6.45, 7) is 0. The highest BCUT2D eigenvalue weighted by atomic mass is 31.2. The molecular formula is C29H18F12P2. The van der Waals surface area contributed by atoms with Crippen LogP contribution in [0, 0.1) is 0 Å². The van der Waals surface area contributed by atoms with Gasteiger partial charge in [-0.2, -0.15) is 52.7 Å². The second-order valence-electron chi connectivity index (χ2n) is 9.18. The van der Waals surface area contributed by atoms with Gasteiger partial charge in [0.1, 0.15) is 0 Å². The third-order valence-electron chi connectivity index (χ3n) is 6.31. The van der Waals surface area contributed by atoms with Gasteiger partial charge in [-0.1, -0.05) is 48.5 Å². The Balaban J connectivity index is 1.84. The van der Waals surface area contributed by atoms with Crippen molar-refractivity contribution in [3.8, 4) is 0 Å². The summed E-state index contributed by atoms with van der Waals surface area (Å²) in [6, 6.07) is 15.9. The molecule has 0 heterocycles. The Morgan fingerprint density at radius 3 is 0.605 bits per heavy atom. The molecule has 0 fully saturated rings. The first-order valence-corrected chi connectivity index (χ1v) is 15.1. The van der Waals surface area contributed by atoms with Crippen LogP contribution in [0.2, 0.25) is 0 Å². The summed E-state index contributed by atoms with van der Waals surface area (Å²) in [7, 11) is -3.49. The predicted molar refractivity (Wildman–Crippen MR) is 143 cm³/mol. The second kappa shape index (κ2) is 12.1. The van der Waals surface area contributed by atoms with Gasteiger partial charge in [-0.25, -0.2) is 0 Å². The Bertz CT molecular complexity index is 1270. The minimum atomic E-state index is -4.66. The summed E-state index contributed by atoms with van der Waals surface area (Å²) in [5, 5.41) is 1.31. The van der Waals surface area contributed by atoms with Gasteiger partial charge < -0.3 is 0 Å². The molecule has 0 atom stereocenters. The predicted octanol–water partition coefficient (Wildman–Crippen LogP) is 9.28. The molecule has 43 heavy (non-hydrogen) atoms. The SMILES string of the molecule is FC(F)(F)c1ccc(P(CP(c2ccc(C(F)(F)F)cc2)c2ccc(C(F)(F)F)cc2)c2ccc(C(F)(F)F)cc2)cc1. The third-order valence-corrected chi connectivity index (χ3v) is 12.3. The van der Waals surface area contributed by atoms with Gasteiger partial charge in [-0.15, -0.1) is 0 Å². The number of alkyl halides is 12. The zero-order valence-corrected chi connectivity index (χ0v) is 23.2. The molecule has 0 aliphatic carbocycles. The minimum absolute atomic E-state index is 0.0120. The van der Waals surface area contributed by atoms with Crippen molar-refractivity contribution < 1.29 is 52.7 Å². The van der Waals surface area contributed by atoms with Crippen LogP contribution in [-0.2, 0) is 24.7 Å². The summed E-state index contributed by atoms with van der Waals surface area (Å²) in [4.78, 5) is 0. The molecule has 14 heteroatoms. The van der Waals surface area contributed by atoms with Gasteiger partial charge in [0.25, 0.3) is 0 Å². The van der Waals surface area contributed by atoms with Crippen LogP contribution in [0.5, 0.6) is 0 Å². The maximum Gasteiger partial charge on any atom is 0.416 e. The van der Waals surface area contributed by atoms with Gasteiger partial charge >= 0.3 is 24.7 Å². The Morgan fingerprint density at radius 2 is 0.465 bits per heavy atom. The molecule has 0 aliphatic rings. The Hall–Kier alpha value is -3.10. The fraction of sp³-hybridized carbons (Fsp3) is 0.172. The monoisotopic (exact) mass is 656 g/mol. The largest absolute Gasteiger partial charge is 0.416 e. The molecule has 228 valence electrons. The van der Waals surface area contributed by atoms with Crippen molar-refractivity contribution in [1.29, 1.82) is 0 Å². The number of benzene rings is 4. The van der Waals surface area contributed by atoms with Crippen LogP contribution in [0.15, 0.2) is 97.1 Å². The first-order valence-electron chi connectivity index (χ1n) is 12.1. The van der Waals surface area contributed by atoms with Crippen LogP contribution in [0.1, 0.15) is 22.3 Å². The summed E-state index contributed by atoms with van der Waals surface area (Å²) >= 11 is 0. The summed E-state index contributed by atoms with van der Waals surface area (Å²) in [6.07, 6.45) is -18.7. The van der Waals surface area contributed by atoms with E-state index in [0.29, 0.717) is 21.2 Å². The normalized spacial score (nSPS) is 13.2. The maximum absolute atomic E-state index is 13.2. The van der Waals surface area contributed by atoms with Crippen LogP contribution in [-0.4, -0.2) is 5.90 Å². The molecule has 0 saturated carbocycles. The van der Waals surface area contributed by atoms with Crippen LogP contribution in [0.3, 0.4) is 0 Å². The molecule has 0 N–H and O–H groups in total. The highest BCUT2D eigenvalue weighted by Crippen LogP contribution is 2.49. The van der Waals surface area contributed by atoms with E-state index in [2.05, 4.69) is 0 Å². The Kier molecular flexibility index (Phi) is 9.25. The molecule has 0 saturated heterocycles. The zero-order chi connectivity index (χ0) is 31.8. The van der Waals surface area contributed by atoms with Gasteiger partial charge in [0, 0.05) is 5.90 Å². The average Bonchev–Trinajstić information content (AvgIpc) is 2.92. The van der Waals surface area contributed by atoms with Crippen molar-refractivity contribution in [2.24, 2.45) is 0 Å². The molecule has 0 radical (unpaired) electrons. The third kappa shape index (κ3) is 8.09. The van der Waals surface area contributed by atoms with Gasteiger partial charge in [0.05, 0.1) is 22.3 Å². The smallest absolute Gasteiger partial charge is 0.166 e. The number of rotatable bonds is 6. The standard InChI is InChI=1S/C29H18F12P2/c30-26(31,32)18-1-9-22(10-2-18)42(23-11-3-19(4-12-23)27(33,34)35)17-43(24-13-5-20(6-14-24)28(36,37)38)25-15-7-21(8-16-25)29(39,40)41/h1-16H,17H2. The van der Waals surface area contributed by atoms with Crippen LogP contribution < -0.4 is 21.2 Å². The zero-order valence-electron chi connectivity index (χ0n) is 21.4. The lowest BCUT2D eigenvalue weighted by Gasteiger charge is -2.27. The molecule has 0 unspecified atom stereocenters. The van der Waals surface area contributed by atoms with E-state index < -0.39 is 62.8 Å². The molecular weight excluding hydrogens is 638 g/mol. The molecule has 4 aromatic rings. The lowest BCUT2D eigenvalue weighted by atomic mass is 10.2. The number of hydrogen-bond acceptors (Lipinski definition) is 0. The fourth-order valence-corrected chi connectivity index (χ4v) is 10.5. The van der Waals surface area contributed by atoms with Gasteiger partial charge in [0.15, 0.2) is 0 Å². The molecule has 4 rings (SSSR count). The van der Waals surface area contributed by atoms with E-state index in [0.717, 1.165) is 48.5 Å². The molecule has 0 amide bonds. The highest BCUT2D eigenvalue weighted by Gasteiger charge is 2.34. The van der Waals surface area contributed by atoms with E-state index in [4.69, 9.17) is 0 Å². The second-order valence-corrected chi connectivity index (χ2v) is 14.1. The van der Waals surface area contributed by atoms with Crippen molar-refractivity contribution >= 4 is 37.1 Å². The Morgan fingerprint density at radius 1 is 0.302 bits per heavy atom. The van der Waals surface area contributed by atoms with Gasteiger partial charge in [-0.3, -0.25) is 0 Å². The molecule has 0 aromatic heterocycles. The van der Waals surface area contributed by atoms with Crippen molar-refractivity contribution in [2.45, 2.75) is 24.7 Å². The quantitative estimate of drug-likeness (QED) is 0.143. The van der Waals surface area contributed by atoms with Crippen LogP contribution in [0.4, 0.5) is 52.7 Å². The lowest BCUT2D eigenvalue weighted by molar-refractivity contribution is -0.138. The topological polar surface area (TPSA) is 0 Å². The van der Waals surface area contributed by atoms with E-state index in [-0.39, 0.29) is 5.90 Å². The molecule has 4 aromatic carbocycles. The average molecular weight is 656 g/mol. The maximum atomic E-state index is 13.2. The summed E-state index contributed by atoms with van der Waals surface area (Å²) in [5.41, 5.74) is -3.87. The van der Waals surface area contributed by atoms with E-state index >= 15 is 0 Å². The Labute approximate surface area is 239 Å². The molecule has 0 spiro atoms. The van der Waals surface area contributed by atoms with Crippen molar-refractivity contribution in [3.63, 3.8) is 0 Å². The molecule has 0 nitrogen and oxygen atoms in total. The van der Waals surface area contributed by atoms with Crippen molar-refractivity contribution in [3.05, 3.63) is 119 Å². The molecule has 0 bridgehead atoms. The van der Waals surface area contributed by atoms with Crippen LogP contribution >= 0.6 is 15.8 Å². The van der Waals surface area contributed by atoms with E-state index in [1.807, 2.05) is 0 Å². The van der Waals surface area contributed by atoms with Crippen LogP contribution in [0.25, 0.3) is 0 Å². The number of hydrogen-bond donors (Lipinski definition) is 0. The summed E-state index contributed by atoms with van der Waals surface area (Å²) in [5.74, 6) is 0.0120. The first-order chi connectivity index (χ1) is 19.8. The van der Waals surface area contributed by atoms with Gasteiger partial charge in [-0.05, 0) is 85.6 Å². The molecule has 0 aliphatic heterocycles. The number of halogens is 12. The fourth-order valence-electron chi connectivity index (χ4n) is 4.09. The van der Waals surface area contributed by atoms with E-state index in [9.17, 15) is 52.7 Å². The summed E-state index contributed by atoms with van der Waals surface area (Å²) < 4.78 is 159. The highest BCUT2D eigenvalue weighted by molar-refractivity contribution is 7.88. The van der Waals surface area contributed by atoms with E-state index in [1.165, 1.54) is 48.5 Å².